The molecule has 0 atom stereocenters. The van der Waals surface area contributed by atoms with Crippen LogP contribution in [-0.4, -0.2) is 0 Å². The first-order valence-corrected chi connectivity index (χ1v) is 6.77. The Morgan fingerprint density at radius 1 is 0.950 bits per heavy atom. The number of nitrogens with one attached hydrogen (secondary N) is 1. The molecule has 0 radical (unpaired) electrons. The molecule has 0 amide bonds. The number of fused-ring (bicyclic) bond motifs is 1. The number of anilines is 1. The Morgan fingerprint density at radius 3 is 2.65 bits per heavy atom. The molecule has 3 aromatic rings. The van der Waals surface area contributed by atoms with Gasteiger partial charge in [0.1, 0.15) is 5.82 Å². The van der Waals surface area contributed by atoms with Gasteiger partial charge in [-0.05, 0) is 34.5 Å². The summed E-state index contributed by atoms with van der Waals surface area (Å²) in [6.07, 6.45) is 0. The van der Waals surface area contributed by atoms with E-state index in [2.05, 4.69) is 29.6 Å². The van der Waals surface area contributed by atoms with E-state index in [0.717, 1.165) is 5.56 Å². The zero-order valence-electron chi connectivity index (χ0n) is 10.7. The molecule has 3 heteroatoms. The lowest BCUT2D eigenvalue weighted by Gasteiger charge is -2.11. The molecule has 0 aliphatic heterocycles. The molecule has 0 fully saturated rings. The Kier molecular flexibility index (Phi) is 3.57. The average Bonchev–Trinajstić information content (AvgIpc) is 2.48. The third-order valence-corrected chi connectivity index (χ3v) is 3.61. The Balaban J connectivity index is 1.89. The minimum Gasteiger partial charge on any atom is -0.380 e. The summed E-state index contributed by atoms with van der Waals surface area (Å²) in [7, 11) is 0. The van der Waals surface area contributed by atoms with Crippen LogP contribution in [0.1, 0.15) is 5.56 Å². The van der Waals surface area contributed by atoms with Gasteiger partial charge in [-0.15, -0.1) is 0 Å². The maximum Gasteiger partial charge on any atom is 0.125 e. The second-order valence-corrected chi connectivity index (χ2v) is 5.02. The molecule has 100 valence electrons. The van der Waals surface area contributed by atoms with Crippen molar-refractivity contribution in [2.45, 2.75) is 6.54 Å². The molecule has 0 aromatic heterocycles. The highest BCUT2D eigenvalue weighted by Crippen LogP contribution is 2.24. The molecule has 0 unspecified atom stereocenters. The maximum atomic E-state index is 13.2. The predicted molar refractivity (Wildman–Crippen MR) is 82.7 cm³/mol. The molecule has 0 aliphatic rings. The van der Waals surface area contributed by atoms with E-state index in [1.807, 2.05) is 18.2 Å². The lowest BCUT2D eigenvalue weighted by atomic mass is 10.0. The van der Waals surface area contributed by atoms with Gasteiger partial charge in [-0.2, -0.15) is 0 Å². The van der Waals surface area contributed by atoms with Crippen molar-refractivity contribution < 1.29 is 4.39 Å². The summed E-state index contributed by atoms with van der Waals surface area (Å²) in [5.41, 5.74) is 1.77. The quantitative estimate of drug-likeness (QED) is 0.693. The lowest BCUT2D eigenvalue weighted by molar-refractivity contribution is 0.628. The van der Waals surface area contributed by atoms with Crippen molar-refractivity contribution in [2.24, 2.45) is 0 Å². The molecule has 0 bridgehead atoms. The maximum absolute atomic E-state index is 13.2. The van der Waals surface area contributed by atoms with E-state index in [-0.39, 0.29) is 5.82 Å². The van der Waals surface area contributed by atoms with Crippen LogP contribution in [-0.2, 0) is 6.54 Å². The molecule has 0 heterocycles. The van der Waals surface area contributed by atoms with Gasteiger partial charge < -0.3 is 5.32 Å². The van der Waals surface area contributed by atoms with Crippen molar-refractivity contribution in [3.05, 3.63) is 77.1 Å². The van der Waals surface area contributed by atoms with Gasteiger partial charge in [-0.25, -0.2) is 4.39 Å². The highest BCUT2D eigenvalue weighted by Gasteiger charge is 2.04. The van der Waals surface area contributed by atoms with Crippen molar-refractivity contribution in [3.8, 4) is 0 Å². The fourth-order valence-electron chi connectivity index (χ4n) is 2.27. The van der Waals surface area contributed by atoms with Crippen LogP contribution in [0, 0.1) is 5.82 Å². The predicted octanol–water partition coefficient (Wildman–Crippen LogP) is 5.24. The zero-order valence-corrected chi connectivity index (χ0v) is 11.5. The minimum absolute atomic E-state index is 0.296. The van der Waals surface area contributed by atoms with Crippen LogP contribution < -0.4 is 5.32 Å². The van der Waals surface area contributed by atoms with Gasteiger partial charge >= 0.3 is 0 Å². The number of rotatable bonds is 3. The topological polar surface area (TPSA) is 12.0 Å². The summed E-state index contributed by atoms with van der Waals surface area (Å²) in [6.45, 7) is 0.602. The van der Waals surface area contributed by atoms with Crippen LogP contribution in [0.25, 0.3) is 10.8 Å². The van der Waals surface area contributed by atoms with Crippen LogP contribution in [0.4, 0.5) is 10.1 Å². The Hall–Kier alpha value is -2.06. The number of halogens is 2. The standard InChI is InChI=1S/C17H13ClFN/c18-16-9-8-14(19)10-17(16)20-11-13-6-3-5-12-4-1-2-7-15(12)13/h1-10,20H,11H2. The smallest absolute Gasteiger partial charge is 0.125 e. The van der Waals surface area contributed by atoms with Crippen LogP contribution >= 0.6 is 11.6 Å². The van der Waals surface area contributed by atoms with Gasteiger partial charge in [0.25, 0.3) is 0 Å². The average molecular weight is 286 g/mol. The summed E-state index contributed by atoms with van der Waals surface area (Å²) in [5.74, 6) is -0.296. The molecular formula is C17H13ClFN. The van der Waals surface area contributed by atoms with E-state index in [9.17, 15) is 4.39 Å². The molecule has 3 rings (SSSR count). The van der Waals surface area contributed by atoms with E-state index in [1.165, 1.54) is 22.9 Å². The van der Waals surface area contributed by atoms with Crippen molar-refractivity contribution in [3.63, 3.8) is 0 Å². The number of benzene rings is 3. The normalized spacial score (nSPS) is 10.7. The highest BCUT2D eigenvalue weighted by molar-refractivity contribution is 6.33. The molecule has 1 nitrogen and oxygen atoms in total. The second-order valence-electron chi connectivity index (χ2n) is 4.62. The first-order valence-electron chi connectivity index (χ1n) is 6.39. The summed E-state index contributed by atoms with van der Waals surface area (Å²) in [5, 5.41) is 6.09. The molecule has 3 aromatic carbocycles. The first-order chi connectivity index (χ1) is 9.74. The van der Waals surface area contributed by atoms with E-state index in [1.54, 1.807) is 6.07 Å². The van der Waals surface area contributed by atoms with Gasteiger partial charge in [0.15, 0.2) is 0 Å². The van der Waals surface area contributed by atoms with Gasteiger partial charge in [0.2, 0.25) is 0 Å². The molecule has 20 heavy (non-hydrogen) atoms. The summed E-state index contributed by atoms with van der Waals surface area (Å²) in [4.78, 5) is 0. The largest absolute Gasteiger partial charge is 0.380 e. The van der Waals surface area contributed by atoms with E-state index in [0.29, 0.717) is 17.3 Å². The second kappa shape index (κ2) is 5.51. The third-order valence-electron chi connectivity index (χ3n) is 3.28. The van der Waals surface area contributed by atoms with Crippen molar-refractivity contribution in [2.75, 3.05) is 5.32 Å². The Bertz CT molecular complexity index is 750. The van der Waals surface area contributed by atoms with Gasteiger partial charge in [-0.1, -0.05) is 54.1 Å². The van der Waals surface area contributed by atoms with Crippen LogP contribution in [0.5, 0.6) is 0 Å². The van der Waals surface area contributed by atoms with Crippen LogP contribution in [0.2, 0.25) is 5.02 Å². The van der Waals surface area contributed by atoms with Crippen LogP contribution in [0.15, 0.2) is 60.7 Å². The Labute approximate surface area is 122 Å². The SMILES string of the molecule is Fc1ccc(Cl)c(NCc2cccc3ccccc23)c1. The highest BCUT2D eigenvalue weighted by atomic mass is 35.5. The summed E-state index contributed by atoms with van der Waals surface area (Å²) >= 11 is 6.05. The van der Waals surface area contributed by atoms with Crippen molar-refractivity contribution in [1.29, 1.82) is 0 Å². The Morgan fingerprint density at radius 2 is 1.75 bits per heavy atom. The molecule has 0 aliphatic carbocycles. The summed E-state index contributed by atoms with van der Waals surface area (Å²) < 4.78 is 13.2. The molecule has 0 spiro atoms. The summed E-state index contributed by atoms with van der Waals surface area (Å²) in [6, 6.07) is 18.7. The molecule has 0 saturated heterocycles. The van der Waals surface area contributed by atoms with Gasteiger partial charge in [-0.3, -0.25) is 0 Å². The van der Waals surface area contributed by atoms with Crippen LogP contribution in [0.3, 0.4) is 0 Å². The van der Waals surface area contributed by atoms with Gasteiger partial charge in [0.05, 0.1) is 10.7 Å². The van der Waals surface area contributed by atoms with Crippen molar-refractivity contribution >= 4 is 28.1 Å². The fourth-order valence-corrected chi connectivity index (χ4v) is 2.45. The first kappa shape index (κ1) is 12.9. The third kappa shape index (κ3) is 2.61. The zero-order chi connectivity index (χ0) is 13.9. The lowest BCUT2D eigenvalue weighted by Crippen LogP contribution is -2.01. The molecule has 0 saturated carbocycles. The minimum atomic E-state index is -0.296. The van der Waals surface area contributed by atoms with E-state index < -0.39 is 0 Å². The van der Waals surface area contributed by atoms with E-state index in [4.69, 9.17) is 11.6 Å². The molecular weight excluding hydrogens is 273 g/mol. The fraction of sp³-hybridized carbons (Fsp3) is 0.0588. The molecule has 1 N–H and O–H groups in total. The number of hydrogen-bond donors (Lipinski definition) is 1. The number of hydrogen-bond acceptors (Lipinski definition) is 1. The monoisotopic (exact) mass is 285 g/mol. The van der Waals surface area contributed by atoms with Crippen molar-refractivity contribution in [1.82, 2.24) is 0 Å². The van der Waals surface area contributed by atoms with Gasteiger partial charge in [0, 0.05) is 6.54 Å². The van der Waals surface area contributed by atoms with E-state index >= 15 is 0 Å².